The van der Waals surface area contributed by atoms with Gasteiger partial charge in [-0.3, -0.25) is 0 Å². The van der Waals surface area contributed by atoms with Crippen LogP contribution in [0.2, 0.25) is 0 Å². The van der Waals surface area contributed by atoms with E-state index in [-0.39, 0.29) is 5.04 Å². The Morgan fingerprint density at radius 2 is 1.58 bits per heavy atom. The molecule has 6 nitrogen and oxygen atoms in total. The summed E-state index contributed by atoms with van der Waals surface area (Å²) in [6.07, 6.45) is 0.768. The first-order valence-corrected chi connectivity index (χ1v) is 12.1. The Morgan fingerprint density at radius 1 is 0.939 bits per heavy atom. The molecule has 166 valence electrons. The van der Waals surface area contributed by atoms with Gasteiger partial charge < -0.3 is 4.74 Å². The molecule has 0 bridgehead atoms. The predicted octanol–water partition coefficient (Wildman–Crippen LogP) is 5.93. The summed E-state index contributed by atoms with van der Waals surface area (Å²) in [5.41, 5.74) is 4.76. The number of anilines is 2. The van der Waals surface area contributed by atoms with Gasteiger partial charge in [0.15, 0.2) is 0 Å². The quantitative estimate of drug-likeness (QED) is 0.398. The second-order valence-electron chi connectivity index (χ2n) is 7.49. The molecule has 2 aliphatic heterocycles. The van der Waals surface area contributed by atoms with Crippen molar-refractivity contribution in [3.63, 3.8) is 0 Å². The molecule has 1 spiro atoms. The molecule has 0 aliphatic carbocycles. The number of thioether (sulfide) groups is 1. The lowest BCUT2D eigenvalue weighted by Crippen LogP contribution is -2.53. The van der Waals surface area contributed by atoms with E-state index < -0.39 is 11.0 Å². The number of para-hydroxylation sites is 1. The average Bonchev–Trinajstić information content (AvgIpc) is 3.26. The van der Waals surface area contributed by atoms with Crippen molar-refractivity contribution in [3.8, 4) is 0 Å². The minimum atomic E-state index is -0.950. The van der Waals surface area contributed by atoms with E-state index in [0.717, 1.165) is 39.1 Å². The number of hydrazone groups is 2. The number of nitrogens with zero attached hydrogens (tertiary/aromatic N) is 4. The average molecular weight is 521 g/mol. The Bertz CT molecular complexity index is 1260. The molecule has 2 heterocycles. The number of rotatable bonds is 4. The van der Waals surface area contributed by atoms with E-state index in [9.17, 15) is 4.79 Å². The zero-order chi connectivity index (χ0) is 23.0. The Kier molecular flexibility index (Phi) is 5.72. The minimum Gasteiger partial charge on any atom is -0.464 e. The van der Waals surface area contributed by atoms with Crippen molar-refractivity contribution in [1.29, 1.82) is 0 Å². The molecule has 0 saturated carbocycles. The van der Waals surface area contributed by atoms with E-state index in [2.05, 4.69) is 35.0 Å². The minimum absolute atomic E-state index is 0.270. The molecular formula is C25H21BrN4O2S. The summed E-state index contributed by atoms with van der Waals surface area (Å²) in [4.78, 5) is 11.7. The van der Waals surface area contributed by atoms with E-state index in [1.807, 2.05) is 76.7 Å². The SMILES string of the molecule is CCC1=NN(c2ccccc2)C2(SC(C(=O)OC)=NN2c2ccc(Br)cc2)c2ccccc21. The van der Waals surface area contributed by atoms with Crippen molar-refractivity contribution in [2.45, 2.75) is 18.3 Å². The van der Waals surface area contributed by atoms with E-state index in [1.165, 1.54) is 18.9 Å². The summed E-state index contributed by atoms with van der Waals surface area (Å²) in [6, 6.07) is 26.0. The van der Waals surface area contributed by atoms with Gasteiger partial charge in [0.2, 0.25) is 10.0 Å². The zero-order valence-corrected chi connectivity index (χ0v) is 20.5. The Hall–Kier alpha value is -3.10. The summed E-state index contributed by atoms with van der Waals surface area (Å²) in [5.74, 6) is -0.477. The first kappa shape index (κ1) is 21.7. The van der Waals surface area contributed by atoms with Crippen LogP contribution in [-0.2, 0) is 14.5 Å². The third-order valence-electron chi connectivity index (χ3n) is 5.58. The highest BCUT2D eigenvalue weighted by Crippen LogP contribution is 2.54. The summed E-state index contributed by atoms with van der Waals surface area (Å²) in [7, 11) is 1.37. The van der Waals surface area contributed by atoms with Crippen LogP contribution in [0.15, 0.2) is 93.5 Å². The summed E-state index contributed by atoms with van der Waals surface area (Å²) in [5, 5.41) is 14.0. The van der Waals surface area contributed by atoms with Crippen LogP contribution in [0.5, 0.6) is 0 Å². The topological polar surface area (TPSA) is 57.5 Å². The van der Waals surface area contributed by atoms with E-state index in [0.29, 0.717) is 0 Å². The first-order valence-electron chi connectivity index (χ1n) is 10.5. The first-order chi connectivity index (χ1) is 16.1. The van der Waals surface area contributed by atoms with Crippen molar-refractivity contribution in [1.82, 2.24) is 0 Å². The van der Waals surface area contributed by atoms with Crippen LogP contribution in [0.3, 0.4) is 0 Å². The third-order valence-corrected chi connectivity index (χ3v) is 7.40. The molecule has 3 aromatic rings. The van der Waals surface area contributed by atoms with Crippen molar-refractivity contribution in [3.05, 3.63) is 94.5 Å². The van der Waals surface area contributed by atoms with Crippen LogP contribution in [0.4, 0.5) is 11.4 Å². The van der Waals surface area contributed by atoms with Gasteiger partial charge in [-0.15, -0.1) is 0 Å². The van der Waals surface area contributed by atoms with Crippen LogP contribution in [0.25, 0.3) is 0 Å². The highest BCUT2D eigenvalue weighted by molar-refractivity contribution is 9.10. The number of halogens is 1. The van der Waals surface area contributed by atoms with Crippen LogP contribution in [-0.4, -0.2) is 23.8 Å². The van der Waals surface area contributed by atoms with Crippen molar-refractivity contribution in [2.75, 3.05) is 17.1 Å². The van der Waals surface area contributed by atoms with Crippen LogP contribution < -0.4 is 10.0 Å². The van der Waals surface area contributed by atoms with Gasteiger partial charge in [0, 0.05) is 15.6 Å². The molecule has 1 atom stereocenters. The molecular weight excluding hydrogens is 500 g/mol. The van der Waals surface area contributed by atoms with Crippen LogP contribution >= 0.6 is 27.7 Å². The van der Waals surface area contributed by atoms with Crippen molar-refractivity contribution < 1.29 is 9.53 Å². The molecule has 0 N–H and O–H groups in total. The zero-order valence-electron chi connectivity index (χ0n) is 18.1. The summed E-state index contributed by atoms with van der Waals surface area (Å²) in [6.45, 7) is 2.10. The fourth-order valence-corrected chi connectivity index (χ4v) is 5.66. The van der Waals surface area contributed by atoms with Crippen molar-refractivity contribution in [2.24, 2.45) is 10.2 Å². The van der Waals surface area contributed by atoms with Gasteiger partial charge >= 0.3 is 5.97 Å². The van der Waals surface area contributed by atoms with Gasteiger partial charge in [0.25, 0.3) is 0 Å². The second-order valence-corrected chi connectivity index (χ2v) is 9.56. The van der Waals surface area contributed by atoms with Gasteiger partial charge in [0.1, 0.15) is 0 Å². The van der Waals surface area contributed by atoms with Gasteiger partial charge in [-0.25, -0.2) is 14.8 Å². The van der Waals surface area contributed by atoms with E-state index >= 15 is 0 Å². The van der Waals surface area contributed by atoms with Gasteiger partial charge in [0.05, 0.1) is 24.2 Å². The number of hydrogen-bond acceptors (Lipinski definition) is 7. The van der Waals surface area contributed by atoms with Crippen LogP contribution in [0, 0.1) is 0 Å². The third kappa shape index (κ3) is 3.54. The maximum Gasteiger partial charge on any atom is 0.365 e. The summed E-state index contributed by atoms with van der Waals surface area (Å²) < 4.78 is 6.02. The molecule has 0 radical (unpaired) electrons. The molecule has 0 fully saturated rings. The Labute approximate surface area is 205 Å². The maximum atomic E-state index is 12.7. The molecule has 3 aromatic carbocycles. The fourth-order valence-electron chi connectivity index (χ4n) is 4.08. The van der Waals surface area contributed by atoms with Crippen molar-refractivity contribution >= 4 is 55.8 Å². The molecule has 0 aromatic heterocycles. The molecule has 2 aliphatic rings. The number of ether oxygens (including phenoxy) is 1. The van der Waals surface area contributed by atoms with E-state index in [4.69, 9.17) is 14.9 Å². The van der Waals surface area contributed by atoms with Gasteiger partial charge in [-0.1, -0.05) is 65.3 Å². The molecule has 0 saturated heterocycles. The van der Waals surface area contributed by atoms with E-state index in [1.54, 1.807) is 0 Å². The standard InChI is InChI=1S/C25H21BrN4O2S/c1-3-22-20-11-7-8-12-21(20)25(29(27-22)18-9-5-4-6-10-18)30(19-15-13-17(26)14-16-19)28-23(33-25)24(31)32-2/h4-16H,3H2,1-2H3. The smallest absolute Gasteiger partial charge is 0.365 e. The van der Waals surface area contributed by atoms with Crippen LogP contribution in [0.1, 0.15) is 24.5 Å². The maximum absolute atomic E-state index is 12.7. The second kappa shape index (κ2) is 8.68. The highest BCUT2D eigenvalue weighted by atomic mass is 79.9. The number of carbonyl (C=O) groups is 1. The molecule has 33 heavy (non-hydrogen) atoms. The Balaban J connectivity index is 1.81. The molecule has 8 heteroatoms. The Morgan fingerprint density at radius 3 is 2.27 bits per heavy atom. The lowest BCUT2D eigenvalue weighted by Gasteiger charge is -2.47. The van der Waals surface area contributed by atoms with Gasteiger partial charge in [-0.05, 0) is 54.6 Å². The molecule has 5 rings (SSSR count). The largest absolute Gasteiger partial charge is 0.464 e. The number of methoxy groups -OCH3 is 1. The molecule has 1 unspecified atom stereocenters. The normalized spacial score (nSPS) is 19.2. The number of fused-ring (bicyclic) bond motifs is 2. The highest BCUT2D eigenvalue weighted by Gasteiger charge is 2.56. The fraction of sp³-hybridized carbons (Fsp3) is 0.160. The lowest BCUT2D eigenvalue weighted by molar-refractivity contribution is -0.132. The number of hydrogen-bond donors (Lipinski definition) is 0. The molecule has 0 amide bonds. The number of benzene rings is 3. The number of carbonyl (C=O) groups excluding carboxylic acids is 1. The summed E-state index contributed by atoms with van der Waals surface area (Å²) >= 11 is 4.85. The monoisotopic (exact) mass is 520 g/mol. The van der Waals surface area contributed by atoms with Gasteiger partial charge in [-0.2, -0.15) is 10.2 Å². The lowest BCUT2D eigenvalue weighted by atomic mass is 9.96. The number of esters is 1. The predicted molar refractivity (Wildman–Crippen MR) is 138 cm³/mol.